The molecule has 1 atom stereocenters. The number of nitrogens with one attached hydrogen (secondary N) is 2. The van der Waals surface area contributed by atoms with E-state index in [2.05, 4.69) is 10.6 Å². The van der Waals surface area contributed by atoms with Crippen molar-refractivity contribution in [3.63, 3.8) is 0 Å². The first kappa shape index (κ1) is 17.3. The minimum absolute atomic E-state index is 0.0603. The molecule has 0 aromatic rings. The first-order chi connectivity index (χ1) is 8.43. The lowest BCUT2D eigenvalue weighted by molar-refractivity contribution is -0.122. The van der Waals surface area contributed by atoms with Crippen molar-refractivity contribution in [3.05, 3.63) is 0 Å². The van der Waals surface area contributed by atoms with Crippen molar-refractivity contribution in [2.45, 2.75) is 26.3 Å². The topological polar surface area (TPSA) is 84.5 Å². The van der Waals surface area contributed by atoms with Gasteiger partial charge in [-0.3, -0.25) is 4.79 Å². The molecule has 108 valence electrons. The van der Waals surface area contributed by atoms with E-state index in [-0.39, 0.29) is 23.5 Å². The number of carbonyl (C=O) groups is 1. The van der Waals surface area contributed by atoms with Crippen molar-refractivity contribution >= 4 is 15.7 Å². The van der Waals surface area contributed by atoms with E-state index in [1.807, 2.05) is 0 Å². The van der Waals surface area contributed by atoms with Crippen LogP contribution in [-0.4, -0.2) is 58.7 Å². The molecular weight excluding hydrogens is 256 g/mol. The van der Waals surface area contributed by atoms with Crippen LogP contribution in [0, 0.1) is 0 Å². The van der Waals surface area contributed by atoms with Crippen molar-refractivity contribution in [2.24, 2.45) is 0 Å². The smallest absolute Gasteiger partial charge is 0.236 e. The van der Waals surface area contributed by atoms with Gasteiger partial charge in [0.2, 0.25) is 5.91 Å². The van der Waals surface area contributed by atoms with Gasteiger partial charge in [-0.1, -0.05) is 6.92 Å². The van der Waals surface area contributed by atoms with Gasteiger partial charge in [-0.05, 0) is 13.3 Å². The highest BCUT2D eigenvalue weighted by atomic mass is 32.2. The summed E-state index contributed by atoms with van der Waals surface area (Å²) < 4.78 is 27.3. The van der Waals surface area contributed by atoms with E-state index in [0.29, 0.717) is 19.7 Å². The lowest BCUT2D eigenvalue weighted by atomic mass is 10.3. The third-order valence-electron chi connectivity index (χ3n) is 2.52. The van der Waals surface area contributed by atoms with E-state index in [9.17, 15) is 13.2 Å². The average molecular weight is 280 g/mol. The number of ether oxygens (including phenoxy) is 1. The summed E-state index contributed by atoms with van der Waals surface area (Å²) in [6, 6.07) is -0.389. The maximum atomic E-state index is 11.6. The molecule has 0 aliphatic heterocycles. The van der Waals surface area contributed by atoms with Gasteiger partial charge in [-0.2, -0.15) is 0 Å². The van der Waals surface area contributed by atoms with Gasteiger partial charge in [0.15, 0.2) is 9.84 Å². The molecule has 0 saturated carbocycles. The second-order valence-corrected chi connectivity index (χ2v) is 6.52. The van der Waals surface area contributed by atoms with E-state index < -0.39 is 9.84 Å². The number of methoxy groups -OCH3 is 1. The summed E-state index contributed by atoms with van der Waals surface area (Å²) in [5.74, 6) is 0.0665. The number of rotatable bonds is 10. The van der Waals surface area contributed by atoms with Gasteiger partial charge >= 0.3 is 0 Å². The SMILES string of the molecule is CCS(=O)(=O)CCNC(C)C(=O)NCCCOC. The van der Waals surface area contributed by atoms with Crippen LogP contribution in [0.2, 0.25) is 0 Å². The van der Waals surface area contributed by atoms with Gasteiger partial charge in [0, 0.05) is 32.6 Å². The zero-order chi connectivity index (χ0) is 14.0. The van der Waals surface area contributed by atoms with Crippen LogP contribution >= 0.6 is 0 Å². The van der Waals surface area contributed by atoms with Crippen LogP contribution in [0.25, 0.3) is 0 Å². The van der Waals surface area contributed by atoms with Crippen LogP contribution in [0.3, 0.4) is 0 Å². The predicted octanol–water partition coefficient (Wildman–Crippen LogP) is -0.448. The molecule has 0 bridgehead atoms. The Morgan fingerprint density at radius 3 is 2.56 bits per heavy atom. The third-order valence-corrected chi connectivity index (χ3v) is 4.23. The second kappa shape index (κ2) is 9.29. The fourth-order valence-electron chi connectivity index (χ4n) is 1.25. The second-order valence-electron chi connectivity index (χ2n) is 4.05. The summed E-state index contributed by atoms with van der Waals surface area (Å²) in [7, 11) is -1.36. The summed E-state index contributed by atoms with van der Waals surface area (Å²) in [5, 5.41) is 5.64. The Morgan fingerprint density at radius 1 is 1.33 bits per heavy atom. The van der Waals surface area contributed by atoms with E-state index in [1.165, 1.54) is 0 Å². The fraction of sp³-hybridized carbons (Fsp3) is 0.909. The molecule has 0 rings (SSSR count). The number of hydrogen-bond donors (Lipinski definition) is 2. The third kappa shape index (κ3) is 8.43. The monoisotopic (exact) mass is 280 g/mol. The van der Waals surface area contributed by atoms with Gasteiger partial charge in [-0.25, -0.2) is 8.42 Å². The molecule has 7 heteroatoms. The molecule has 0 radical (unpaired) electrons. The maximum absolute atomic E-state index is 11.6. The Bertz CT molecular complexity index is 330. The van der Waals surface area contributed by atoms with E-state index in [4.69, 9.17) is 4.74 Å². The van der Waals surface area contributed by atoms with Crippen molar-refractivity contribution in [3.8, 4) is 0 Å². The van der Waals surface area contributed by atoms with Gasteiger partial charge < -0.3 is 15.4 Å². The molecule has 0 spiro atoms. The molecule has 1 unspecified atom stereocenters. The molecule has 18 heavy (non-hydrogen) atoms. The van der Waals surface area contributed by atoms with Crippen LogP contribution in [0.5, 0.6) is 0 Å². The molecule has 0 aromatic carbocycles. The van der Waals surface area contributed by atoms with Gasteiger partial charge in [0.25, 0.3) is 0 Å². The molecule has 6 nitrogen and oxygen atoms in total. The molecule has 0 aromatic heterocycles. The fourth-order valence-corrected chi connectivity index (χ4v) is 1.97. The molecule has 1 amide bonds. The Hall–Kier alpha value is -0.660. The standard InChI is InChI=1S/C11H24N2O4S/c1-4-18(15,16)9-7-12-10(2)11(14)13-6-5-8-17-3/h10,12H,4-9H2,1-3H3,(H,13,14). The van der Waals surface area contributed by atoms with Crippen molar-refractivity contribution < 1.29 is 17.9 Å². The first-order valence-corrected chi connectivity index (χ1v) is 7.95. The molecule has 0 aliphatic carbocycles. The van der Waals surface area contributed by atoms with Crippen LogP contribution < -0.4 is 10.6 Å². The zero-order valence-corrected chi connectivity index (χ0v) is 12.2. The highest BCUT2D eigenvalue weighted by Crippen LogP contribution is 1.89. The highest BCUT2D eigenvalue weighted by molar-refractivity contribution is 7.91. The summed E-state index contributed by atoms with van der Waals surface area (Å²) in [6.07, 6.45) is 0.763. The minimum Gasteiger partial charge on any atom is -0.385 e. The first-order valence-electron chi connectivity index (χ1n) is 6.13. The Morgan fingerprint density at radius 2 is 2.00 bits per heavy atom. The number of hydrogen-bond acceptors (Lipinski definition) is 5. The van der Waals surface area contributed by atoms with E-state index >= 15 is 0 Å². The van der Waals surface area contributed by atoms with Gasteiger partial charge in [0.05, 0.1) is 11.8 Å². The van der Waals surface area contributed by atoms with Crippen LogP contribution in [0.1, 0.15) is 20.3 Å². The van der Waals surface area contributed by atoms with Crippen LogP contribution in [0.4, 0.5) is 0 Å². The van der Waals surface area contributed by atoms with Crippen molar-refractivity contribution in [1.29, 1.82) is 0 Å². The van der Waals surface area contributed by atoms with Crippen molar-refractivity contribution in [2.75, 3.05) is 38.3 Å². The van der Waals surface area contributed by atoms with Gasteiger partial charge in [-0.15, -0.1) is 0 Å². The summed E-state index contributed by atoms with van der Waals surface area (Å²) >= 11 is 0. The summed E-state index contributed by atoms with van der Waals surface area (Å²) in [4.78, 5) is 11.6. The molecule has 0 saturated heterocycles. The number of carbonyl (C=O) groups excluding carboxylic acids is 1. The van der Waals surface area contributed by atoms with Crippen LogP contribution in [0.15, 0.2) is 0 Å². The Labute approximate surface area is 109 Å². The Kier molecular flexibility index (Phi) is 8.95. The summed E-state index contributed by atoms with van der Waals surface area (Å²) in [6.45, 7) is 4.79. The zero-order valence-electron chi connectivity index (χ0n) is 11.4. The maximum Gasteiger partial charge on any atom is 0.236 e. The largest absolute Gasteiger partial charge is 0.385 e. The predicted molar refractivity (Wildman–Crippen MR) is 71.3 cm³/mol. The van der Waals surface area contributed by atoms with Gasteiger partial charge in [0.1, 0.15) is 0 Å². The van der Waals surface area contributed by atoms with Crippen molar-refractivity contribution in [1.82, 2.24) is 10.6 Å². The molecular formula is C11H24N2O4S. The van der Waals surface area contributed by atoms with E-state index in [0.717, 1.165) is 6.42 Å². The molecule has 0 fully saturated rings. The van der Waals surface area contributed by atoms with E-state index in [1.54, 1.807) is 21.0 Å². The summed E-state index contributed by atoms with van der Waals surface area (Å²) in [5.41, 5.74) is 0. The average Bonchev–Trinajstić information content (AvgIpc) is 2.34. The Balaban J connectivity index is 3.74. The molecule has 0 heterocycles. The number of amides is 1. The lowest BCUT2D eigenvalue weighted by Gasteiger charge is -2.13. The normalized spacial score (nSPS) is 13.3. The molecule has 0 aliphatic rings. The lowest BCUT2D eigenvalue weighted by Crippen LogP contribution is -2.44. The highest BCUT2D eigenvalue weighted by Gasteiger charge is 2.13. The molecule has 2 N–H and O–H groups in total. The minimum atomic E-state index is -2.98. The van der Waals surface area contributed by atoms with Crippen LogP contribution in [-0.2, 0) is 19.4 Å². The number of sulfone groups is 1. The quantitative estimate of drug-likeness (QED) is 0.530.